The number of likely N-dealkylation sites (tertiary alicyclic amines) is 1. The molecule has 6 heteroatoms. The van der Waals surface area contributed by atoms with E-state index in [1.165, 1.54) is 6.08 Å². The number of rotatable bonds is 7. The summed E-state index contributed by atoms with van der Waals surface area (Å²) < 4.78 is 16.0. The number of ether oxygens (including phenoxy) is 3. The van der Waals surface area contributed by atoms with E-state index >= 15 is 0 Å². The van der Waals surface area contributed by atoms with Crippen molar-refractivity contribution in [1.29, 1.82) is 0 Å². The average molecular weight is 409 g/mol. The van der Waals surface area contributed by atoms with Crippen LogP contribution in [0.3, 0.4) is 0 Å². The molecule has 0 N–H and O–H groups in total. The van der Waals surface area contributed by atoms with E-state index in [0.717, 1.165) is 29.5 Å². The Morgan fingerprint density at radius 1 is 1.10 bits per heavy atom. The maximum Gasteiger partial charge on any atom is 0.331 e. The van der Waals surface area contributed by atoms with Crippen LogP contribution in [0.25, 0.3) is 6.08 Å². The van der Waals surface area contributed by atoms with Crippen molar-refractivity contribution in [1.82, 2.24) is 4.90 Å². The maximum atomic E-state index is 12.8. The molecule has 1 aliphatic heterocycles. The van der Waals surface area contributed by atoms with Gasteiger partial charge in [0.2, 0.25) is 0 Å². The average Bonchev–Trinajstić information content (AvgIpc) is 3.26. The molecule has 6 nitrogen and oxygen atoms in total. The first-order valence-corrected chi connectivity index (χ1v) is 9.94. The molecule has 2 aromatic rings. The molecule has 0 unspecified atom stereocenters. The molecule has 2 aromatic carbocycles. The zero-order chi connectivity index (χ0) is 21.5. The standard InChI is InChI=1S/C24H27NO5/c1-17-6-8-18(9-7-17)10-13-24(27)30-16-23(26)25-14-4-5-21(25)20-15-19(28-2)11-12-22(20)29-3/h6-13,15,21H,4-5,14,16H2,1-3H3/b13-10+/t21-/m1/s1. The summed E-state index contributed by atoms with van der Waals surface area (Å²) in [6, 6.07) is 13.2. The van der Waals surface area contributed by atoms with Gasteiger partial charge in [-0.1, -0.05) is 29.8 Å². The van der Waals surface area contributed by atoms with Crippen molar-refractivity contribution in [2.75, 3.05) is 27.4 Å². The zero-order valence-corrected chi connectivity index (χ0v) is 17.6. The van der Waals surface area contributed by atoms with Gasteiger partial charge in [0.15, 0.2) is 6.61 Å². The second kappa shape index (κ2) is 9.96. The van der Waals surface area contributed by atoms with Crippen molar-refractivity contribution in [3.63, 3.8) is 0 Å². The van der Waals surface area contributed by atoms with E-state index in [9.17, 15) is 9.59 Å². The Labute approximate surface area is 177 Å². The highest BCUT2D eigenvalue weighted by atomic mass is 16.5. The molecule has 0 aromatic heterocycles. The van der Waals surface area contributed by atoms with Crippen LogP contribution in [0.1, 0.15) is 35.6 Å². The molecule has 0 saturated carbocycles. The van der Waals surface area contributed by atoms with Gasteiger partial charge in [-0.15, -0.1) is 0 Å². The molecule has 1 fully saturated rings. The summed E-state index contributed by atoms with van der Waals surface area (Å²) >= 11 is 0. The predicted octanol–water partition coefficient (Wildman–Crippen LogP) is 3.93. The SMILES string of the molecule is COc1ccc(OC)c([C@H]2CCCN2C(=O)COC(=O)/C=C/c2ccc(C)cc2)c1. The van der Waals surface area contributed by atoms with Gasteiger partial charge in [-0.25, -0.2) is 4.79 Å². The fourth-order valence-corrected chi connectivity index (χ4v) is 3.59. The first-order valence-electron chi connectivity index (χ1n) is 9.94. The molecule has 1 atom stereocenters. The molecule has 0 spiro atoms. The van der Waals surface area contributed by atoms with Gasteiger partial charge >= 0.3 is 5.97 Å². The zero-order valence-electron chi connectivity index (χ0n) is 17.6. The Balaban J connectivity index is 1.62. The number of hydrogen-bond acceptors (Lipinski definition) is 5. The topological polar surface area (TPSA) is 65.1 Å². The maximum absolute atomic E-state index is 12.8. The third-order valence-electron chi connectivity index (χ3n) is 5.20. The molecule has 1 heterocycles. The van der Waals surface area contributed by atoms with Crippen LogP contribution in [0, 0.1) is 6.92 Å². The van der Waals surface area contributed by atoms with Gasteiger partial charge < -0.3 is 19.1 Å². The number of benzene rings is 2. The largest absolute Gasteiger partial charge is 0.497 e. The third kappa shape index (κ3) is 5.20. The second-order valence-corrected chi connectivity index (χ2v) is 7.20. The van der Waals surface area contributed by atoms with Crippen LogP contribution in [-0.4, -0.2) is 44.1 Å². The van der Waals surface area contributed by atoms with Crippen LogP contribution in [0.5, 0.6) is 11.5 Å². The van der Waals surface area contributed by atoms with Gasteiger partial charge in [0, 0.05) is 18.2 Å². The van der Waals surface area contributed by atoms with Crippen LogP contribution >= 0.6 is 0 Å². The summed E-state index contributed by atoms with van der Waals surface area (Å²) in [4.78, 5) is 26.5. The number of nitrogens with zero attached hydrogens (tertiary/aromatic N) is 1. The lowest BCUT2D eigenvalue weighted by Gasteiger charge is -2.26. The van der Waals surface area contributed by atoms with Crippen LogP contribution in [0.2, 0.25) is 0 Å². The van der Waals surface area contributed by atoms with Crippen molar-refractivity contribution in [2.24, 2.45) is 0 Å². The highest BCUT2D eigenvalue weighted by Gasteiger charge is 2.32. The Kier molecular flexibility index (Phi) is 7.12. The number of amides is 1. The summed E-state index contributed by atoms with van der Waals surface area (Å²) in [5, 5.41) is 0. The van der Waals surface area contributed by atoms with Crippen LogP contribution in [-0.2, 0) is 14.3 Å². The van der Waals surface area contributed by atoms with Gasteiger partial charge in [0.05, 0.1) is 20.3 Å². The number of carbonyl (C=O) groups is 2. The molecule has 1 saturated heterocycles. The molecule has 1 aliphatic rings. The van der Waals surface area contributed by atoms with E-state index in [1.54, 1.807) is 25.2 Å². The van der Waals surface area contributed by atoms with Crippen LogP contribution in [0.4, 0.5) is 0 Å². The van der Waals surface area contributed by atoms with Crippen molar-refractivity contribution in [2.45, 2.75) is 25.8 Å². The van der Waals surface area contributed by atoms with Gasteiger partial charge in [0.25, 0.3) is 5.91 Å². The normalized spacial score (nSPS) is 16.0. The predicted molar refractivity (Wildman–Crippen MR) is 114 cm³/mol. The lowest BCUT2D eigenvalue weighted by atomic mass is 10.0. The lowest BCUT2D eigenvalue weighted by Crippen LogP contribution is -2.34. The fraction of sp³-hybridized carbons (Fsp3) is 0.333. The van der Waals surface area contributed by atoms with E-state index in [4.69, 9.17) is 14.2 Å². The number of hydrogen-bond donors (Lipinski definition) is 0. The molecular weight excluding hydrogens is 382 g/mol. The van der Waals surface area contributed by atoms with Crippen molar-refractivity contribution in [3.05, 3.63) is 65.2 Å². The molecule has 0 bridgehead atoms. The van der Waals surface area contributed by atoms with E-state index < -0.39 is 5.97 Å². The van der Waals surface area contributed by atoms with Gasteiger partial charge in [-0.2, -0.15) is 0 Å². The Morgan fingerprint density at radius 2 is 1.87 bits per heavy atom. The number of esters is 1. The summed E-state index contributed by atoms with van der Waals surface area (Å²) in [7, 11) is 3.21. The van der Waals surface area contributed by atoms with E-state index in [0.29, 0.717) is 18.0 Å². The first-order chi connectivity index (χ1) is 14.5. The van der Waals surface area contributed by atoms with Crippen LogP contribution in [0.15, 0.2) is 48.5 Å². The number of carbonyl (C=O) groups excluding carboxylic acids is 2. The molecular formula is C24H27NO5. The molecule has 1 amide bonds. The highest BCUT2D eigenvalue weighted by molar-refractivity contribution is 5.89. The quantitative estimate of drug-likeness (QED) is 0.512. The highest BCUT2D eigenvalue weighted by Crippen LogP contribution is 2.38. The smallest absolute Gasteiger partial charge is 0.331 e. The first kappa shape index (κ1) is 21.4. The summed E-state index contributed by atoms with van der Waals surface area (Å²) in [6.45, 7) is 2.32. The fourth-order valence-electron chi connectivity index (χ4n) is 3.59. The third-order valence-corrected chi connectivity index (χ3v) is 5.20. The van der Waals surface area contributed by atoms with Crippen LogP contribution < -0.4 is 9.47 Å². The number of methoxy groups -OCH3 is 2. The lowest BCUT2D eigenvalue weighted by molar-refractivity contribution is -0.148. The molecule has 0 radical (unpaired) electrons. The van der Waals surface area contributed by atoms with Gasteiger partial charge in [-0.3, -0.25) is 4.79 Å². The number of aryl methyl sites for hydroxylation is 1. The van der Waals surface area contributed by atoms with E-state index in [2.05, 4.69) is 0 Å². The van der Waals surface area contributed by atoms with E-state index in [1.807, 2.05) is 49.4 Å². The Bertz CT molecular complexity index is 920. The van der Waals surface area contributed by atoms with E-state index in [-0.39, 0.29) is 18.6 Å². The van der Waals surface area contributed by atoms with Crippen molar-refractivity contribution >= 4 is 18.0 Å². The molecule has 3 rings (SSSR count). The molecule has 158 valence electrons. The summed E-state index contributed by atoms with van der Waals surface area (Å²) in [5.74, 6) is 0.648. The minimum Gasteiger partial charge on any atom is -0.497 e. The summed E-state index contributed by atoms with van der Waals surface area (Å²) in [5.41, 5.74) is 2.94. The Hall–Kier alpha value is -3.28. The monoisotopic (exact) mass is 409 g/mol. The van der Waals surface area contributed by atoms with Crippen molar-refractivity contribution in [3.8, 4) is 11.5 Å². The minimum absolute atomic E-state index is 0.135. The second-order valence-electron chi connectivity index (χ2n) is 7.20. The molecule has 30 heavy (non-hydrogen) atoms. The Morgan fingerprint density at radius 3 is 2.57 bits per heavy atom. The van der Waals surface area contributed by atoms with Gasteiger partial charge in [0.1, 0.15) is 11.5 Å². The van der Waals surface area contributed by atoms with Gasteiger partial charge in [-0.05, 0) is 49.6 Å². The minimum atomic E-state index is -0.543. The van der Waals surface area contributed by atoms with Crippen molar-refractivity contribution < 1.29 is 23.8 Å². The molecule has 0 aliphatic carbocycles. The summed E-state index contributed by atoms with van der Waals surface area (Å²) in [6.07, 6.45) is 4.70.